The minimum atomic E-state index is 0. The number of hydrogen-bond donors (Lipinski definition) is 0. The van der Waals surface area contributed by atoms with Crippen LogP contribution in [0, 0.1) is 0 Å². The van der Waals surface area contributed by atoms with Gasteiger partial charge in [-0.25, -0.2) is 0 Å². The summed E-state index contributed by atoms with van der Waals surface area (Å²) in [6.07, 6.45) is 3.50. The summed E-state index contributed by atoms with van der Waals surface area (Å²) in [6, 6.07) is 5.72. The van der Waals surface area contributed by atoms with E-state index >= 15 is 0 Å². The molecule has 0 spiro atoms. The molecule has 0 unspecified atom stereocenters. The summed E-state index contributed by atoms with van der Waals surface area (Å²) in [7, 11) is 0. The maximum atomic E-state index is 3.78. The predicted molar refractivity (Wildman–Crippen MR) is 25.3 cm³/mol. The smallest absolute Gasteiger partial charge is 1.00 e. The van der Waals surface area contributed by atoms with Crippen molar-refractivity contribution in [1.29, 1.82) is 0 Å². The molecular weight excluding hydrogens is 207 g/mol. The van der Waals surface area contributed by atoms with Gasteiger partial charge >= 0.3 is 68.9 Å². The fourth-order valence-electron chi connectivity index (χ4n) is 0.313. The minimum absolute atomic E-state index is 0. The van der Waals surface area contributed by atoms with Crippen LogP contribution >= 0.6 is 0 Å². The van der Waals surface area contributed by atoms with E-state index in [4.69, 9.17) is 0 Å². The van der Waals surface area contributed by atoms with Crippen molar-refractivity contribution in [3.05, 3.63) is 30.6 Å². The molecule has 1 heterocycles. The van der Waals surface area contributed by atoms with Gasteiger partial charge in [0.1, 0.15) is 0 Å². The molecule has 0 radical (unpaired) electrons. The van der Waals surface area contributed by atoms with Gasteiger partial charge in [0, 0.05) is 12.4 Å². The third kappa shape index (κ3) is 3.76. The maximum Gasteiger partial charge on any atom is 1.00 e. The number of hydrogen-bond acceptors (Lipinski definition) is 1. The molecule has 32 valence electrons. The van der Waals surface area contributed by atoms with Gasteiger partial charge in [-0.3, -0.25) is 4.98 Å². The SMILES string of the molecule is [Cs+].[H-].c1ccncc1. The van der Waals surface area contributed by atoms with E-state index in [0.29, 0.717) is 0 Å². The normalized spacial score (nSPS) is 6.86. The zero-order chi connectivity index (χ0) is 4.24. The molecule has 1 rings (SSSR count). The van der Waals surface area contributed by atoms with Crippen molar-refractivity contribution in [2.24, 2.45) is 0 Å². The number of rotatable bonds is 0. The average Bonchev–Trinajstić information content (AvgIpc) is 1.72. The van der Waals surface area contributed by atoms with Crippen LogP contribution in [0.15, 0.2) is 30.6 Å². The summed E-state index contributed by atoms with van der Waals surface area (Å²) in [5, 5.41) is 0. The van der Waals surface area contributed by atoms with E-state index in [1.165, 1.54) is 0 Å². The second-order valence-electron chi connectivity index (χ2n) is 1.02. The molecule has 0 atom stereocenters. The van der Waals surface area contributed by atoms with Crippen molar-refractivity contribution >= 4 is 0 Å². The van der Waals surface area contributed by atoms with Crippen molar-refractivity contribution in [2.75, 3.05) is 0 Å². The van der Waals surface area contributed by atoms with Gasteiger partial charge in [-0.05, 0) is 12.1 Å². The quantitative estimate of drug-likeness (QED) is 0.495. The Bertz CT molecular complexity index is 84.4. The molecule has 0 aromatic carbocycles. The monoisotopic (exact) mass is 213 g/mol. The third-order valence-corrected chi connectivity index (χ3v) is 0.566. The summed E-state index contributed by atoms with van der Waals surface area (Å²) in [4.78, 5) is 3.78. The first kappa shape index (κ1) is 8.20. The Morgan fingerprint density at radius 3 is 1.71 bits per heavy atom. The van der Waals surface area contributed by atoms with Gasteiger partial charge in [-0.15, -0.1) is 0 Å². The van der Waals surface area contributed by atoms with Gasteiger partial charge < -0.3 is 1.43 Å². The van der Waals surface area contributed by atoms with E-state index in [1.807, 2.05) is 18.2 Å². The molecule has 1 aromatic rings. The van der Waals surface area contributed by atoms with Crippen molar-refractivity contribution in [3.8, 4) is 0 Å². The number of aromatic nitrogens is 1. The standard InChI is InChI=1S/C5H5N.Cs.H/c1-2-4-6-5-3-1;;/h1-5H;;/q;+1;-1. The fourth-order valence-corrected chi connectivity index (χ4v) is 0.313. The third-order valence-electron chi connectivity index (χ3n) is 0.566. The first-order valence-corrected chi connectivity index (χ1v) is 1.85. The van der Waals surface area contributed by atoms with E-state index in [1.54, 1.807) is 12.4 Å². The zero-order valence-electron chi connectivity index (χ0n) is 5.33. The van der Waals surface area contributed by atoms with Crippen molar-refractivity contribution in [2.45, 2.75) is 0 Å². The van der Waals surface area contributed by atoms with Crippen LogP contribution in [0.3, 0.4) is 0 Å². The summed E-state index contributed by atoms with van der Waals surface area (Å²) in [6.45, 7) is 0. The molecule has 0 aliphatic heterocycles. The van der Waals surface area contributed by atoms with Crippen LogP contribution in [0.5, 0.6) is 0 Å². The Balaban J connectivity index is 0. The molecule has 0 N–H and O–H groups in total. The molecule has 2 heteroatoms. The van der Waals surface area contributed by atoms with E-state index in [2.05, 4.69) is 4.98 Å². The molecule has 0 saturated heterocycles. The molecule has 1 nitrogen and oxygen atoms in total. The van der Waals surface area contributed by atoms with Crippen LogP contribution < -0.4 is 68.9 Å². The first-order chi connectivity index (χ1) is 3.00. The summed E-state index contributed by atoms with van der Waals surface area (Å²) in [5.74, 6) is 0. The molecular formula is C5H6CsN. The van der Waals surface area contributed by atoms with Crippen LogP contribution in [-0.4, -0.2) is 4.98 Å². The van der Waals surface area contributed by atoms with Gasteiger partial charge in [0.15, 0.2) is 0 Å². The Labute approximate surface area is 103 Å². The van der Waals surface area contributed by atoms with E-state index in [0.717, 1.165) is 0 Å². The van der Waals surface area contributed by atoms with Crippen molar-refractivity contribution in [3.63, 3.8) is 0 Å². The fraction of sp³-hybridized carbons (Fsp3) is 0. The van der Waals surface area contributed by atoms with Crippen LogP contribution in [0.25, 0.3) is 0 Å². The molecule has 7 heavy (non-hydrogen) atoms. The van der Waals surface area contributed by atoms with E-state index in [-0.39, 0.29) is 70.3 Å². The van der Waals surface area contributed by atoms with E-state index in [9.17, 15) is 0 Å². The average molecular weight is 213 g/mol. The molecule has 0 amide bonds. The molecule has 0 aliphatic carbocycles. The first-order valence-electron chi connectivity index (χ1n) is 1.85. The van der Waals surface area contributed by atoms with Gasteiger partial charge in [0.05, 0.1) is 0 Å². The second-order valence-corrected chi connectivity index (χ2v) is 1.02. The maximum absolute atomic E-state index is 3.78. The molecule has 1 aromatic heterocycles. The summed E-state index contributed by atoms with van der Waals surface area (Å²) < 4.78 is 0. The van der Waals surface area contributed by atoms with Crippen LogP contribution in [-0.2, 0) is 0 Å². The summed E-state index contributed by atoms with van der Waals surface area (Å²) in [5.41, 5.74) is 0. The Kier molecular flexibility index (Phi) is 6.26. The topological polar surface area (TPSA) is 12.9 Å². The van der Waals surface area contributed by atoms with Gasteiger partial charge in [-0.2, -0.15) is 0 Å². The van der Waals surface area contributed by atoms with Gasteiger partial charge in [-0.1, -0.05) is 6.07 Å². The van der Waals surface area contributed by atoms with Crippen LogP contribution in [0.4, 0.5) is 0 Å². The molecule has 0 saturated carbocycles. The second kappa shape index (κ2) is 5.34. The summed E-state index contributed by atoms with van der Waals surface area (Å²) >= 11 is 0. The Morgan fingerprint density at radius 2 is 1.57 bits per heavy atom. The molecule has 0 aliphatic rings. The van der Waals surface area contributed by atoms with Crippen molar-refractivity contribution in [1.82, 2.24) is 4.98 Å². The van der Waals surface area contributed by atoms with Crippen molar-refractivity contribution < 1.29 is 70.3 Å². The zero-order valence-corrected chi connectivity index (χ0v) is 10.6. The minimum Gasteiger partial charge on any atom is -1.00 e. The van der Waals surface area contributed by atoms with Crippen LogP contribution in [0.2, 0.25) is 0 Å². The molecule has 0 bridgehead atoms. The van der Waals surface area contributed by atoms with Gasteiger partial charge in [0.25, 0.3) is 0 Å². The van der Waals surface area contributed by atoms with Gasteiger partial charge in [0.2, 0.25) is 0 Å². The Morgan fingerprint density at radius 1 is 1.00 bits per heavy atom. The predicted octanol–water partition coefficient (Wildman–Crippen LogP) is -1.80. The Hall–Kier alpha value is 1.20. The van der Waals surface area contributed by atoms with E-state index < -0.39 is 0 Å². The van der Waals surface area contributed by atoms with Crippen LogP contribution in [0.1, 0.15) is 1.43 Å². The largest absolute Gasteiger partial charge is 1.00 e. The number of pyridine rings is 1. The number of nitrogens with zero attached hydrogens (tertiary/aromatic N) is 1. The molecule has 0 fully saturated rings.